The standard InChI is InChI=1S/C24H28N6S/c1-18-17-22(30-15-13-29(14-16-30)21-11-7-4-8-12-21)27-23(25-18)28-24(31)26-19(2)20-9-5-3-6-10-20/h3-12,17,19H,13-16H2,1-2H3,(H2,25,26,27,28,31)/t19-/m1/s1. The number of anilines is 3. The van der Waals surface area contributed by atoms with Crippen LogP contribution in [0, 0.1) is 6.92 Å². The van der Waals surface area contributed by atoms with Crippen LogP contribution in [0.2, 0.25) is 0 Å². The number of rotatable bonds is 5. The first-order valence-electron chi connectivity index (χ1n) is 10.6. The molecule has 1 fully saturated rings. The van der Waals surface area contributed by atoms with E-state index in [1.54, 1.807) is 0 Å². The summed E-state index contributed by atoms with van der Waals surface area (Å²) in [5, 5.41) is 6.98. The van der Waals surface area contributed by atoms with E-state index in [-0.39, 0.29) is 6.04 Å². The molecule has 31 heavy (non-hydrogen) atoms. The number of piperazine rings is 1. The fourth-order valence-electron chi connectivity index (χ4n) is 3.76. The molecule has 7 heteroatoms. The molecule has 1 aliphatic heterocycles. The first-order chi connectivity index (χ1) is 15.1. The SMILES string of the molecule is Cc1cc(N2CCN(c3ccccc3)CC2)nc(NC(=S)N[C@H](C)c2ccccc2)n1. The van der Waals surface area contributed by atoms with Crippen molar-refractivity contribution in [2.45, 2.75) is 19.9 Å². The lowest BCUT2D eigenvalue weighted by atomic mass is 10.1. The third kappa shape index (κ3) is 5.49. The predicted octanol–water partition coefficient (Wildman–Crippen LogP) is 4.16. The zero-order valence-corrected chi connectivity index (χ0v) is 18.8. The van der Waals surface area contributed by atoms with Crippen LogP contribution in [0.1, 0.15) is 24.2 Å². The first kappa shape index (κ1) is 21.1. The number of thiocarbonyl (C=S) groups is 1. The molecule has 0 bridgehead atoms. The highest BCUT2D eigenvalue weighted by Crippen LogP contribution is 2.20. The van der Waals surface area contributed by atoms with Gasteiger partial charge in [0.2, 0.25) is 5.95 Å². The monoisotopic (exact) mass is 432 g/mol. The van der Waals surface area contributed by atoms with Crippen LogP contribution >= 0.6 is 12.2 Å². The molecule has 6 nitrogen and oxygen atoms in total. The van der Waals surface area contributed by atoms with Crippen molar-refractivity contribution in [1.82, 2.24) is 15.3 Å². The largest absolute Gasteiger partial charge is 0.368 e. The van der Waals surface area contributed by atoms with Gasteiger partial charge in [-0.1, -0.05) is 48.5 Å². The van der Waals surface area contributed by atoms with Crippen LogP contribution in [0.15, 0.2) is 66.7 Å². The number of para-hydroxylation sites is 1. The molecule has 0 amide bonds. The van der Waals surface area contributed by atoms with Crippen molar-refractivity contribution in [1.29, 1.82) is 0 Å². The number of hydrogen-bond acceptors (Lipinski definition) is 5. The number of aromatic nitrogens is 2. The highest BCUT2D eigenvalue weighted by atomic mass is 32.1. The van der Waals surface area contributed by atoms with Gasteiger partial charge in [-0.2, -0.15) is 4.98 Å². The molecule has 1 aromatic heterocycles. The van der Waals surface area contributed by atoms with Gasteiger partial charge in [0.1, 0.15) is 5.82 Å². The zero-order chi connectivity index (χ0) is 21.6. The van der Waals surface area contributed by atoms with Crippen molar-refractivity contribution >= 4 is 34.8 Å². The van der Waals surface area contributed by atoms with E-state index in [0.29, 0.717) is 11.1 Å². The Labute approximate surface area is 189 Å². The van der Waals surface area contributed by atoms with Gasteiger partial charge < -0.3 is 20.4 Å². The van der Waals surface area contributed by atoms with Crippen molar-refractivity contribution in [3.05, 3.63) is 78.0 Å². The van der Waals surface area contributed by atoms with Crippen molar-refractivity contribution in [3.63, 3.8) is 0 Å². The first-order valence-corrected chi connectivity index (χ1v) is 11.0. The van der Waals surface area contributed by atoms with Crippen LogP contribution in [-0.4, -0.2) is 41.3 Å². The molecule has 0 radical (unpaired) electrons. The summed E-state index contributed by atoms with van der Waals surface area (Å²) in [6.45, 7) is 7.82. The van der Waals surface area contributed by atoms with Crippen molar-refractivity contribution < 1.29 is 0 Å². The van der Waals surface area contributed by atoms with E-state index >= 15 is 0 Å². The lowest BCUT2D eigenvalue weighted by molar-refractivity contribution is 0.647. The van der Waals surface area contributed by atoms with E-state index in [2.05, 4.69) is 74.8 Å². The number of benzene rings is 2. The highest BCUT2D eigenvalue weighted by molar-refractivity contribution is 7.80. The molecule has 3 aromatic rings. The second kappa shape index (κ2) is 9.75. The summed E-state index contributed by atoms with van der Waals surface area (Å²) in [6.07, 6.45) is 0. The fourth-order valence-corrected chi connectivity index (χ4v) is 4.03. The molecular formula is C24H28N6S. The molecule has 0 spiro atoms. The minimum Gasteiger partial charge on any atom is -0.368 e. The molecule has 2 N–H and O–H groups in total. The summed E-state index contributed by atoms with van der Waals surface area (Å²) in [6, 6.07) is 22.9. The molecule has 1 atom stereocenters. The van der Waals surface area contributed by atoms with E-state index in [1.807, 2.05) is 31.2 Å². The molecule has 0 saturated carbocycles. The lowest BCUT2D eigenvalue weighted by Gasteiger charge is -2.36. The van der Waals surface area contributed by atoms with Crippen LogP contribution in [0.25, 0.3) is 0 Å². The number of nitrogens with zero attached hydrogens (tertiary/aromatic N) is 4. The Kier molecular flexibility index (Phi) is 6.62. The summed E-state index contributed by atoms with van der Waals surface area (Å²) in [7, 11) is 0. The van der Waals surface area contributed by atoms with Gasteiger partial charge in [0, 0.05) is 43.6 Å². The summed E-state index contributed by atoms with van der Waals surface area (Å²) >= 11 is 5.50. The van der Waals surface area contributed by atoms with Gasteiger partial charge in [-0.3, -0.25) is 0 Å². The molecule has 160 valence electrons. The normalized spacial score (nSPS) is 14.8. The van der Waals surface area contributed by atoms with Gasteiger partial charge >= 0.3 is 0 Å². The Morgan fingerprint density at radius 1 is 0.903 bits per heavy atom. The Bertz CT molecular complexity index is 1000. The smallest absolute Gasteiger partial charge is 0.231 e. The topological polar surface area (TPSA) is 56.3 Å². The van der Waals surface area contributed by atoms with Crippen molar-refractivity contribution in [3.8, 4) is 0 Å². The van der Waals surface area contributed by atoms with Crippen LogP contribution in [0.5, 0.6) is 0 Å². The maximum absolute atomic E-state index is 5.50. The van der Waals surface area contributed by atoms with E-state index in [9.17, 15) is 0 Å². The second-order valence-electron chi connectivity index (χ2n) is 7.73. The van der Waals surface area contributed by atoms with Crippen LogP contribution in [0.4, 0.5) is 17.5 Å². The van der Waals surface area contributed by atoms with Gasteiger partial charge in [0.05, 0.1) is 6.04 Å². The second-order valence-corrected chi connectivity index (χ2v) is 8.14. The summed E-state index contributed by atoms with van der Waals surface area (Å²) in [5.74, 6) is 1.46. The maximum Gasteiger partial charge on any atom is 0.231 e. The number of nitrogens with one attached hydrogen (secondary N) is 2. The number of hydrogen-bond donors (Lipinski definition) is 2. The third-order valence-corrected chi connectivity index (χ3v) is 5.66. The van der Waals surface area contributed by atoms with Gasteiger partial charge in [-0.05, 0) is 43.8 Å². The highest BCUT2D eigenvalue weighted by Gasteiger charge is 2.19. The van der Waals surface area contributed by atoms with E-state index < -0.39 is 0 Å². The average Bonchev–Trinajstić information content (AvgIpc) is 2.80. The molecule has 4 rings (SSSR count). The van der Waals surface area contributed by atoms with Crippen LogP contribution < -0.4 is 20.4 Å². The minimum absolute atomic E-state index is 0.0940. The summed E-state index contributed by atoms with van der Waals surface area (Å²) in [4.78, 5) is 14.0. The van der Waals surface area contributed by atoms with Gasteiger partial charge in [-0.15, -0.1) is 0 Å². The van der Waals surface area contributed by atoms with Crippen molar-refractivity contribution in [2.24, 2.45) is 0 Å². The summed E-state index contributed by atoms with van der Waals surface area (Å²) in [5.41, 5.74) is 3.36. The maximum atomic E-state index is 5.50. The van der Waals surface area contributed by atoms with E-state index in [0.717, 1.165) is 37.7 Å². The Morgan fingerprint density at radius 3 is 2.19 bits per heavy atom. The minimum atomic E-state index is 0.0940. The number of aryl methyl sites for hydroxylation is 1. The fraction of sp³-hybridized carbons (Fsp3) is 0.292. The van der Waals surface area contributed by atoms with Crippen LogP contribution in [-0.2, 0) is 0 Å². The molecule has 0 unspecified atom stereocenters. The predicted molar refractivity (Wildman–Crippen MR) is 132 cm³/mol. The molecule has 1 saturated heterocycles. The third-order valence-electron chi connectivity index (χ3n) is 5.44. The van der Waals surface area contributed by atoms with Gasteiger partial charge in [0.15, 0.2) is 5.11 Å². The molecular weight excluding hydrogens is 404 g/mol. The zero-order valence-electron chi connectivity index (χ0n) is 18.0. The van der Waals surface area contributed by atoms with Gasteiger partial charge in [0.25, 0.3) is 0 Å². The van der Waals surface area contributed by atoms with Crippen molar-refractivity contribution in [2.75, 3.05) is 41.3 Å². The molecule has 2 aromatic carbocycles. The quantitative estimate of drug-likeness (QED) is 0.587. The van der Waals surface area contributed by atoms with Gasteiger partial charge in [-0.25, -0.2) is 4.98 Å². The van der Waals surface area contributed by atoms with E-state index in [4.69, 9.17) is 17.2 Å². The molecule has 1 aliphatic rings. The molecule has 2 heterocycles. The van der Waals surface area contributed by atoms with Crippen LogP contribution in [0.3, 0.4) is 0 Å². The average molecular weight is 433 g/mol. The summed E-state index contributed by atoms with van der Waals surface area (Å²) < 4.78 is 0. The Balaban J connectivity index is 1.38. The van der Waals surface area contributed by atoms with E-state index in [1.165, 1.54) is 11.3 Å². The Hall–Kier alpha value is -3.19. The molecule has 0 aliphatic carbocycles. The Morgan fingerprint density at radius 2 is 1.52 bits per heavy atom. The lowest BCUT2D eigenvalue weighted by Crippen LogP contribution is -2.47.